The summed E-state index contributed by atoms with van der Waals surface area (Å²) in [6, 6.07) is 19.5. The number of fused-ring (bicyclic) bond motifs is 1. The Morgan fingerprint density at radius 1 is 0.958 bits per heavy atom. The van der Waals surface area contributed by atoms with E-state index in [1.165, 1.54) is 11.8 Å². The molecule has 4 aromatic rings. The molecule has 0 fully saturated rings. The lowest BCUT2D eigenvalue weighted by Crippen LogP contribution is -1.88. The van der Waals surface area contributed by atoms with Crippen molar-refractivity contribution >= 4 is 34.3 Å². The van der Waals surface area contributed by atoms with Crippen LogP contribution in [0, 0.1) is 0 Å². The number of pyridine rings is 1. The zero-order valence-electron chi connectivity index (χ0n) is 12.5. The third-order valence-corrected chi connectivity index (χ3v) is 4.61. The van der Waals surface area contributed by atoms with E-state index in [1.54, 1.807) is 0 Å². The van der Waals surface area contributed by atoms with Crippen molar-refractivity contribution in [2.75, 3.05) is 0 Å². The number of halogens is 1. The van der Waals surface area contributed by atoms with Gasteiger partial charge in [0.1, 0.15) is 5.15 Å². The molecule has 24 heavy (non-hydrogen) atoms. The van der Waals surface area contributed by atoms with E-state index < -0.39 is 0 Å². The van der Waals surface area contributed by atoms with Gasteiger partial charge in [-0.05, 0) is 29.8 Å². The maximum absolute atomic E-state index is 6.12. The Bertz CT molecular complexity index is 988. The van der Waals surface area contributed by atoms with Crippen LogP contribution in [-0.4, -0.2) is 15.2 Å². The molecule has 0 aliphatic rings. The zero-order chi connectivity index (χ0) is 16.4. The van der Waals surface area contributed by atoms with Gasteiger partial charge in [-0.1, -0.05) is 59.8 Å². The number of rotatable bonds is 4. The van der Waals surface area contributed by atoms with Crippen LogP contribution in [0.25, 0.3) is 22.4 Å². The van der Waals surface area contributed by atoms with Gasteiger partial charge in [-0.3, -0.25) is 0 Å². The Morgan fingerprint density at radius 2 is 1.75 bits per heavy atom. The van der Waals surface area contributed by atoms with Crippen molar-refractivity contribution in [3.63, 3.8) is 0 Å². The van der Waals surface area contributed by atoms with Gasteiger partial charge in [0.15, 0.2) is 0 Å². The molecule has 0 spiro atoms. The maximum Gasteiger partial charge on any atom is 0.277 e. The molecule has 6 heteroatoms. The van der Waals surface area contributed by atoms with E-state index in [2.05, 4.69) is 15.2 Å². The van der Waals surface area contributed by atoms with E-state index in [4.69, 9.17) is 16.0 Å². The van der Waals surface area contributed by atoms with Gasteiger partial charge >= 0.3 is 0 Å². The van der Waals surface area contributed by atoms with Crippen molar-refractivity contribution in [1.29, 1.82) is 0 Å². The van der Waals surface area contributed by atoms with Gasteiger partial charge in [-0.25, -0.2) is 4.98 Å². The van der Waals surface area contributed by atoms with E-state index in [0.717, 1.165) is 22.0 Å². The van der Waals surface area contributed by atoms with Crippen LogP contribution in [0.5, 0.6) is 0 Å². The normalized spacial score (nSPS) is 11.0. The highest BCUT2D eigenvalue weighted by Crippen LogP contribution is 2.29. The molecule has 0 amide bonds. The molecule has 0 unspecified atom stereocenters. The Balaban J connectivity index is 1.57. The lowest BCUT2D eigenvalue weighted by Gasteiger charge is -2.05. The van der Waals surface area contributed by atoms with Gasteiger partial charge in [0, 0.05) is 16.7 Å². The minimum Gasteiger partial charge on any atom is -0.411 e. The third kappa shape index (κ3) is 3.13. The first-order valence-electron chi connectivity index (χ1n) is 7.35. The summed E-state index contributed by atoms with van der Waals surface area (Å²) in [6.45, 7) is 0. The highest BCUT2D eigenvalue weighted by Gasteiger charge is 2.11. The molecule has 0 aliphatic heterocycles. The predicted molar refractivity (Wildman–Crippen MR) is 96.0 cm³/mol. The van der Waals surface area contributed by atoms with Crippen LogP contribution in [-0.2, 0) is 5.75 Å². The summed E-state index contributed by atoms with van der Waals surface area (Å²) in [5.74, 6) is 1.20. The molecule has 0 saturated carbocycles. The van der Waals surface area contributed by atoms with Gasteiger partial charge in [0.25, 0.3) is 5.22 Å². The summed E-state index contributed by atoms with van der Waals surface area (Å²) in [7, 11) is 0. The molecule has 4 nitrogen and oxygen atoms in total. The average Bonchev–Trinajstić information content (AvgIpc) is 3.09. The van der Waals surface area contributed by atoms with Crippen LogP contribution >= 0.6 is 23.4 Å². The highest BCUT2D eigenvalue weighted by molar-refractivity contribution is 7.98. The smallest absolute Gasteiger partial charge is 0.277 e. The van der Waals surface area contributed by atoms with Crippen LogP contribution < -0.4 is 0 Å². The number of thioether (sulfide) groups is 1. The highest BCUT2D eigenvalue weighted by atomic mass is 35.5. The van der Waals surface area contributed by atoms with E-state index in [0.29, 0.717) is 22.0 Å². The number of hydrogen-bond acceptors (Lipinski definition) is 5. The van der Waals surface area contributed by atoms with E-state index >= 15 is 0 Å². The first-order valence-corrected chi connectivity index (χ1v) is 8.72. The molecular formula is C18H12ClN3OS. The summed E-state index contributed by atoms with van der Waals surface area (Å²) in [6.07, 6.45) is 0. The first kappa shape index (κ1) is 15.2. The number of benzene rings is 2. The second-order valence-corrected chi connectivity index (χ2v) is 6.46. The average molecular weight is 354 g/mol. The van der Waals surface area contributed by atoms with Crippen LogP contribution in [0.15, 0.2) is 70.3 Å². The van der Waals surface area contributed by atoms with E-state index in [-0.39, 0.29) is 0 Å². The zero-order valence-corrected chi connectivity index (χ0v) is 14.1. The Labute approximate surface area is 147 Å². The van der Waals surface area contributed by atoms with Crippen molar-refractivity contribution in [3.8, 4) is 11.5 Å². The van der Waals surface area contributed by atoms with Gasteiger partial charge in [0.05, 0.1) is 5.52 Å². The summed E-state index contributed by atoms with van der Waals surface area (Å²) in [5.41, 5.74) is 2.89. The van der Waals surface area contributed by atoms with Gasteiger partial charge in [0.2, 0.25) is 5.89 Å². The summed E-state index contributed by atoms with van der Waals surface area (Å²) in [4.78, 5) is 4.34. The van der Waals surface area contributed by atoms with Crippen LogP contribution in [0.4, 0.5) is 0 Å². The topological polar surface area (TPSA) is 51.8 Å². The largest absolute Gasteiger partial charge is 0.411 e. The fraction of sp³-hybridized carbons (Fsp3) is 0.0556. The molecule has 0 bridgehead atoms. The van der Waals surface area contributed by atoms with Gasteiger partial charge in [-0.15, -0.1) is 10.2 Å². The minimum atomic E-state index is 0.486. The van der Waals surface area contributed by atoms with Crippen molar-refractivity contribution in [1.82, 2.24) is 15.2 Å². The second-order valence-electron chi connectivity index (χ2n) is 5.15. The fourth-order valence-electron chi connectivity index (χ4n) is 2.44. The summed E-state index contributed by atoms with van der Waals surface area (Å²) < 4.78 is 5.73. The standard InChI is InChI=1S/C18H12ClN3OS/c19-16-10-13(14-8-4-5-9-15(14)20-16)11-24-18-22-21-17(23-18)12-6-2-1-3-7-12/h1-10H,11H2. The monoisotopic (exact) mass is 353 g/mol. The van der Waals surface area contributed by atoms with E-state index in [1.807, 2.05) is 60.7 Å². The van der Waals surface area contributed by atoms with E-state index in [9.17, 15) is 0 Å². The molecular weight excluding hydrogens is 342 g/mol. The van der Waals surface area contributed by atoms with Crippen LogP contribution in [0.1, 0.15) is 5.56 Å². The van der Waals surface area contributed by atoms with Crippen molar-refractivity contribution < 1.29 is 4.42 Å². The Hall–Kier alpha value is -2.37. The van der Waals surface area contributed by atoms with Crippen molar-refractivity contribution in [2.45, 2.75) is 11.0 Å². The molecule has 118 valence electrons. The molecule has 2 aromatic heterocycles. The van der Waals surface area contributed by atoms with Crippen LogP contribution in [0.2, 0.25) is 5.15 Å². The Morgan fingerprint density at radius 3 is 2.62 bits per heavy atom. The first-order chi connectivity index (χ1) is 11.8. The third-order valence-electron chi connectivity index (χ3n) is 3.55. The fourth-order valence-corrected chi connectivity index (χ4v) is 3.41. The number of para-hydroxylation sites is 1. The summed E-state index contributed by atoms with van der Waals surface area (Å²) in [5, 5.41) is 10.3. The SMILES string of the molecule is Clc1cc(CSc2nnc(-c3ccccc3)o2)c2ccccc2n1. The molecule has 4 rings (SSSR count). The quantitative estimate of drug-likeness (QED) is 0.371. The molecule has 2 aromatic carbocycles. The molecule has 0 N–H and O–H groups in total. The molecule has 0 atom stereocenters. The lowest BCUT2D eigenvalue weighted by molar-refractivity contribution is 0.466. The number of hydrogen-bond donors (Lipinski definition) is 0. The van der Waals surface area contributed by atoms with Crippen molar-refractivity contribution in [2.24, 2.45) is 0 Å². The molecule has 0 saturated heterocycles. The summed E-state index contributed by atoms with van der Waals surface area (Å²) >= 11 is 7.60. The number of nitrogens with zero attached hydrogens (tertiary/aromatic N) is 3. The van der Waals surface area contributed by atoms with Crippen LogP contribution in [0.3, 0.4) is 0 Å². The van der Waals surface area contributed by atoms with Crippen molar-refractivity contribution in [3.05, 3.63) is 71.4 Å². The minimum absolute atomic E-state index is 0.486. The number of aromatic nitrogens is 3. The lowest BCUT2D eigenvalue weighted by atomic mass is 10.1. The molecule has 2 heterocycles. The maximum atomic E-state index is 6.12. The van der Waals surface area contributed by atoms with Gasteiger partial charge in [-0.2, -0.15) is 0 Å². The van der Waals surface area contributed by atoms with Gasteiger partial charge < -0.3 is 4.42 Å². The predicted octanol–water partition coefficient (Wildman–Crippen LogP) is 5.23. The molecule has 0 aliphatic carbocycles. The second kappa shape index (κ2) is 6.63. The molecule has 0 radical (unpaired) electrons. The Kier molecular flexibility index (Phi) is 4.19.